The van der Waals surface area contributed by atoms with Gasteiger partial charge in [0.15, 0.2) is 0 Å². The third-order valence-electron chi connectivity index (χ3n) is 5.68. The van der Waals surface area contributed by atoms with Crippen LogP contribution in [0.3, 0.4) is 0 Å². The number of fused-ring (bicyclic) bond motifs is 1. The van der Waals surface area contributed by atoms with E-state index in [2.05, 4.69) is 4.98 Å². The molecule has 1 heterocycles. The van der Waals surface area contributed by atoms with Crippen LogP contribution >= 0.6 is 0 Å². The van der Waals surface area contributed by atoms with Gasteiger partial charge in [0.05, 0.1) is 6.04 Å². The lowest BCUT2D eigenvalue weighted by molar-refractivity contribution is -0.133. The second-order valence-electron chi connectivity index (χ2n) is 7.09. The van der Waals surface area contributed by atoms with Crippen LogP contribution in [0.4, 0.5) is 8.78 Å². The molecule has 5 heteroatoms. The molecule has 2 aliphatic carbocycles. The molecule has 2 fully saturated rings. The smallest absolute Gasteiger partial charge is 0.226 e. The maximum absolute atomic E-state index is 14.5. The quantitative estimate of drug-likeness (QED) is 0.843. The maximum Gasteiger partial charge on any atom is 0.226 e. The summed E-state index contributed by atoms with van der Waals surface area (Å²) in [6, 6.07) is 6.48. The summed E-state index contributed by atoms with van der Waals surface area (Å²) in [4.78, 5) is 18.7. The lowest BCUT2D eigenvalue weighted by atomic mass is 9.97. The number of nitrogens with zero attached hydrogens (tertiary/aromatic N) is 2. The van der Waals surface area contributed by atoms with Gasteiger partial charge < -0.3 is 4.90 Å². The van der Waals surface area contributed by atoms with Gasteiger partial charge in [-0.1, -0.05) is 18.6 Å². The molecule has 4 rings (SSSR count). The standard InChI is InChI=1S/C20H20F2N2O/c1-24(20(25)18-14-5-2-6-15(14)18)19(12-4-3-9-23-11-12)16-8-7-13(21)10-17(16)22/h3-4,7-11,14-15,18-19H,2,5-6H2,1H3/t14-,15+,18?,19-/m0/s1. The van der Waals surface area contributed by atoms with Crippen molar-refractivity contribution in [3.05, 3.63) is 65.5 Å². The van der Waals surface area contributed by atoms with Gasteiger partial charge in [-0.05, 0) is 42.4 Å². The van der Waals surface area contributed by atoms with Crippen LogP contribution in [-0.4, -0.2) is 22.8 Å². The summed E-state index contributed by atoms with van der Waals surface area (Å²) < 4.78 is 27.8. The molecule has 4 atom stereocenters. The highest BCUT2D eigenvalue weighted by molar-refractivity contribution is 5.83. The molecule has 3 nitrogen and oxygen atoms in total. The number of pyridine rings is 1. The predicted octanol–water partition coefficient (Wildman–Crippen LogP) is 3.95. The molecule has 2 aliphatic rings. The van der Waals surface area contributed by atoms with Gasteiger partial charge in [0.2, 0.25) is 5.91 Å². The molecule has 0 saturated heterocycles. The lowest BCUT2D eigenvalue weighted by Crippen LogP contribution is -2.34. The fraction of sp³-hybridized carbons (Fsp3) is 0.400. The topological polar surface area (TPSA) is 33.2 Å². The van der Waals surface area contributed by atoms with Crippen molar-refractivity contribution < 1.29 is 13.6 Å². The lowest BCUT2D eigenvalue weighted by Gasteiger charge is -2.30. The SMILES string of the molecule is CN(C(=O)C1[C@H]2CCC[C@@H]12)[C@@H](c1cccnc1)c1ccc(F)cc1F. The van der Waals surface area contributed by atoms with Gasteiger partial charge in [0, 0.05) is 37.0 Å². The van der Waals surface area contributed by atoms with E-state index >= 15 is 0 Å². The van der Waals surface area contributed by atoms with Crippen LogP contribution in [-0.2, 0) is 4.79 Å². The summed E-state index contributed by atoms with van der Waals surface area (Å²) in [5, 5.41) is 0. The van der Waals surface area contributed by atoms with E-state index in [1.807, 2.05) is 6.07 Å². The molecule has 2 saturated carbocycles. The first-order valence-electron chi connectivity index (χ1n) is 8.69. The molecule has 0 bridgehead atoms. The Hall–Kier alpha value is -2.30. The summed E-state index contributed by atoms with van der Waals surface area (Å²) in [5.41, 5.74) is 1.01. The van der Waals surface area contributed by atoms with Gasteiger partial charge in [-0.3, -0.25) is 9.78 Å². The first-order chi connectivity index (χ1) is 12.1. The van der Waals surface area contributed by atoms with Crippen molar-refractivity contribution in [1.82, 2.24) is 9.88 Å². The van der Waals surface area contributed by atoms with Crippen LogP contribution in [0, 0.1) is 29.4 Å². The highest BCUT2D eigenvalue weighted by Crippen LogP contribution is 2.58. The summed E-state index contributed by atoms with van der Waals surface area (Å²) in [5.74, 6) is -0.194. The van der Waals surface area contributed by atoms with Crippen LogP contribution in [0.15, 0.2) is 42.7 Å². The summed E-state index contributed by atoms with van der Waals surface area (Å²) >= 11 is 0. The third-order valence-corrected chi connectivity index (χ3v) is 5.68. The van der Waals surface area contributed by atoms with E-state index in [4.69, 9.17) is 0 Å². The van der Waals surface area contributed by atoms with Gasteiger partial charge in [-0.2, -0.15) is 0 Å². The average molecular weight is 342 g/mol. The zero-order valence-corrected chi connectivity index (χ0v) is 14.0. The zero-order valence-electron chi connectivity index (χ0n) is 14.0. The highest BCUT2D eigenvalue weighted by Gasteiger charge is 2.57. The third kappa shape index (κ3) is 2.81. The normalized spacial score (nSPS) is 25.3. The number of carbonyl (C=O) groups is 1. The Morgan fingerprint density at radius 3 is 2.64 bits per heavy atom. The number of benzene rings is 1. The molecule has 2 aromatic rings. The number of hydrogen-bond acceptors (Lipinski definition) is 2. The summed E-state index contributed by atoms with van der Waals surface area (Å²) in [7, 11) is 1.71. The molecule has 0 spiro atoms. The Labute approximate surface area is 145 Å². The van der Waals surface area contributed by atoms with Crippen molar-refractivity contribution in [3.8, 4) is 0 Å². The molecule has 130 valence electrons. The molecule has 1 unspecified atom stereocenters. The van der Waals surface area contributed by atoms with Gasteiger partial charge in [0.1, 0.15) is 11.6 Å². The zero-order chi connectivity index (χ0) is 17.6. The Balaban J connectivity index is 1.69. The number of rotatable bonds is 4. The van der Waals surface area contributed by atoms with Crippen molar-refractivity contribution in [2.45, 2.75) is 25.3 Å². The minimum absolute atomic E-state index is 0.0484. The predicted molar refractivity (Wildman–Crippen MR) is 89.5 cm³/mol. The van der Waals surface area contributed by atoms with E-state index in [9.17, 15) is 13.6 Å². The van der Waals surface area contributed by atoms with Crippen LogP contribution in [0.5, 0.6) is 0 Å². The van der Waals surface area contributed by atoms with E-state index < -0.39 is 17.7 Å². The number of aromatic nitrogens is 1. The molecule has 0 aliphatic heterocycles. The molecule has 1 amide bonds. The van der Waals surface area contributed by atoms with Crippen molar-refractivity contribution in [1.29, 1.82) is 0 Å². The van der Waals surface area contributed by atoms with E-state index in [-0.39, 0.29) is 17.4 Å². The largest absolute Gasteiger partial charge is 0.334 e. The Morgan fingerprint density at radius 1 is 1.24 bits per heavy atom. The average Bonchev–Trinajstić information content (AvgIpc) is 3.08. The van der Waals surface area contributed by atoms with Crippen molar-refractivity contribution in [2.75, 3.05) is 7.05 Å². The molecule has 0 N–H and O–H groups in total. The monoisotopic (exact) mass is 342 g/mol. The molecular formula is C20H20F2N2O. The second-order valence-corrected chi connectivity index (χ2v) is 7.09. The second kappa shape index (κ2) is 6.21. The number of hydrogen-bond donors (Lipinski definition) is 0. The number of carbonyl (C=O) groups excluding carboxylic acids is 1. The Bertz CT molecular complexity index is 786. The van der Waals surface area contributed by atoms with Crippen LogP contribution in [0.25, 0.3) is 0 Å². The maximum atomic E-state index is 14.5. The highest BCUT2D eigenvalue weighted by atomic mass is 19.1. The van der Waals surface area contributed by atoms with Crippen LogP contribution < -0.4 is 0 Å². The Kier molecular flexibility index (Phi) is 4.02. The van der Waals surface area contributed by atoms with Crippen LogP contribution in [0.1, 0.15) is 36.4 Å². The van der Waals surface area contributed by atoms with Crippen molar-refractivity contribution in [3.63, 3.8) is 0 Å². The van der Waals surface area contributed by atoms with Gasteiger partial charge >= 0.3 is 0 Å². The molecule has 1 aromatic carbocycles. The van der Waals surface area contributed by atoms with Crippen LogP contribution in [0.2, 0.25) is 0 Å². The van der Waals surface area contributed by atoms with E-state index in [1.54, 1.807) is 30.4 Å². The molecule has 0 radical (unpaired) electrons. The van der Waals surface area contributed by atoms with Gasteiger partial charge in [-0.15, -0.1) is 0 Å². The summed E-state index contributed by atoms with van der Waals surface area (Å²) in [6.45, 7) is 0. The Morgan fingerprint density at radius 2 is 2.00 bits per heavy atom. The minimum atomic E-state index is -0.649. The van der Waals surface area contributed by atoms with E-state index in [0.717, 1.165) is 24.5 Å². The first kappa shape index (κ1) is 16.2. The molecule has 1 aromatic heterocycles. The molecular weight excluding hydrogens is 322 g/mol. The fourth-order valence-corrected chi connectivity index (χ4v) is 4.42. The number of halogens is 2. The van der Waals surface area contributed by atoms with E-state index in [1.165, 1.54) is 18.6 Å². The fourth-order valence-electron chi connectivity index (χ4n) is 4.42. The van der Waals surface area contributed by atoms with Crippen molar-refractivity contribution in [2.24, 2.45) is 17.8 Å². The van der Waals surface area contributed by atoms with E-state index in [0.29, 0.717) is 11.8 Å². The van der Waals surface area contributed by atoms with Gasteiger partial charge in [0.25, 0.3) is 0 Å². The number of amides is 1. The van der Waals surface area contributed by atoms with Gasteiger partial charge in [-0.25, -0.2) is 8.78 Å². The minimum Gasteiger partial charge on any atom is -0.334 e. The molecule has 25 heavy (non-hydrogen) atoms. The van der Waals surface area contributed by atoms with Crippen molar-refractivity contribution >= 4 is 5.91 Å². The first-order valence-corrected chi connectivity index (χ1v) is 8.69. The summed E-state index contributed by atoms with van der Waals surface area (Å²) in [6.07, 6.45) is 6.68.